The molecule has 0 aliphatic heterocycles. The van der Waals surface area contributed by atoms with Crippen LogP contribution in [0.5, 0.6) is 0 Å². The Morgan fingerprint density at radius 3 is 2.60 bits per heavy atom. The SMILES string of the molecule is COCc1cccc(-c2nc(C)c(C(C)C)c(Cl)n2)c1. The van der Waals surface area contributed by atoms with E-state index in [1.807, 2.05) is 31.2 Å². The van der Waals surface area contributed by atoms with Crippen molar-refractivity contribution in [3.05, 3.63) is 46.2 Å². The number of halogens is 1. The Morgan fingerprint density at radius 1 is 1.25 bits per heavy atom. The Bertz CT molecular complexity index is 588. The molecule has 0 radical (unpaired) electrons. The highest BCUT2D eigenvalue weighted by Gasteiger charge is 2.14. The van der Waals surface area contributed by atoms with Crippen LogP contribution in [0.1, 0.15) is 36.6 Å². The molecule has 0 saturated carbocycles. The first-order chi connectivity index (χ1) is 9.52. The highest BCUT2D eigenvalue weighted by molar-refractivity contribution is 6.30. The molecule has 1 aromatic heterocycles. The highest BCUT2D eigenvalue weighted by Crippen LogP contribution is 2.28. The summed E-state index contributed by atoms with van der Waals surface area (Å²) in [5.41, 5.74) is 4.01. The second-order valence-electron chi connectivity index (χ2n) is 5.13. The van der Waals surface area contributed by atoms with E-state index < -0.39 is 0 Å². The van der Waals surface area contributed by atoms with E-state index in [1.165, 1.54) is 0 Å². The number of aryl methyl sites for hydroxylation is 1. The number of rotatable bonds is 4. The fraction of sp³-hybridized carbons (Fsp3) is 0.375. The van der Waals surface area contributed by atoms with Crippen molar-refractivity contribution in [1.82, 2.24) is 9.97 Å². The van der Waals surface area contributed by atoms with E-state index in [0.717, 1.165) is 22.4 Å². The van der Waals surface area contributed by atoms with Crippen LogP contribution in [0, 0.1) is 6.92 Å². The number of ether oxygens (including phenoxy) is 1. The molecule has 0 amide bonds. The van der Waals surface area contributed by atoms with E-state index in [1.54, 1.807) is 7.11 Å². The van der Waals surface area contributed by atoms with Gasteiger partial charge in [0.05, 0.1) is 6.61 Å². The number of benzene rings is 1. The Morgan fingerprint density at radius 2 is 2.00 bits per heavy atom. The molecule has 0 fully saturated rings. The molecule has 0 N–H and O–H groups in total. The molecule has 4 heteroatoms. The van der Waals surface area contributed by atoms with E-state index in [9.17, 15) is 0 Å². The fourth-order valence-corrected chi connectivity index (χ4v) is 2.73. The van der Waals surface area contributed by atoms with Gasteiger partial charge in [-0.1, -0.05) is 43.6 Å². The van der Waals surface area contributed by atoms with Crippen molar-refractivity contribution in [2.75, 3.05) is 7.11 Å². The number of nitrogens with zero attached hydrogens (tertiary/aromatic N) is 2. The first kappa shape index (κ1) is 14.9. The Kier molecular flexibility index (Phi) is 4.73. The summed E-state index contributed by atoms with van der Waals surface area (Å²) in [5, 5.41) is 0.541. The predicted octanol–water partition coefficient (Wildman–Crippen LogP) is 4.38. The molecule has 0 aliphatic rings. The van der Waals surface area contributed by atoms with Crippen molar-refractivity contribution in [2.45, 2.75) is 33.3 Å². The summed E-state index contributed by atoms with van der Waals surface area (Å²) in [7, 11) is 1.68. The molecule has 0 aliphatic carbocycles. The molecule has 0 spiro atoms. The third kappa shape index (κ3) is 3.17. The maximum absolute atomic E-state index is 6.30. The Hall–Kier alpha value is -1.45. The molecule has 2 rings (SSSR count). The molecular formula is C16H19ClN2O. The maximum atomic E-state index is 6.30. The minimum Gasteiger partial charge on any atom is -0.380 e. The van der Waals surface area contributed by atoms with Crippen molar-refractivity contribution in [3.8, 4) is 11.4 Å². The first-order valence-corrected chi connectivity index (χ1v) is 7.03. The molecule has 0 unspecified atom stereocenters. The molecule has 0 atom stereocenters. The first-order valence-electron chi connectivity index (χ1n) is 6.65. The lowest BCUT2D eigenvalue weighted by Crippen LogP contribution is -2.02. The normalized spacial score (nSPS) is 11.1. The Balaban J connectivity index is 2.46. The van der Waals surface area contributed by atoms with Gasteiger partial charge < -0.3 is 4.74 Å². The molecule has 2 aromatic rings. The molecular weight excluding hydrogens is 272 g/mol. The summed E-state index contributed by atoms with van der Waals surface area (Å²) < 4.78 is 5.15. The van der Waals surface area contributed by atoms with Crippen LogP contribution >= 0.6 is 11.6 Å². The van der Waals surface area contributed by atoms with Gasteiger partial charge in [0.2, 0.25) is 0 Å². The zero-order valence-electron chi connectivity index (χ0n) is 12.3. The smallest absolute Gasteiger partial charge is 0.161 e. The summed E-state index contributed by atoms with van der Waals surface area (Å²) >= 11 is 6.30. The minimum absolute atomic E-state index is 0.316. The topological polar surface area (TPSA) is 35.0 Å². The molecule has 1 heterocycles. The number of methoxy groups -OCH3 is 1. The quantitative estimate of drug-likeness (QED) is 0.784. The maximum Gasteiger partial charge on any atom is 0.161 e. The third-order valence-electron chi connectivity index (χ3n) is 3.16. The second-order valence-corrected chi connectivity index (χ2v) is 5.48. The van der Waals surface area contributed by atoms with Crippen LogP contribution in [0.4, 0.5) is 0 Å². The second kappa shape index (κ2) is 6.33. The average molecular weight is 291 g/mol. The summed E-state index contributed by atoms with van der Waals surface area (Å²) in [4.78, 5) is 9.03. The van der Waals surface area contributed by atoms with E-state index in [0.29, 0.717) is 23.5 Å². The summed E-state index contributed by atoms with van der Waals surface area (Å²) in [5.74, 6) is 0.978. The van der Waals surface area contributed by atoms with Gasteiger partial charge >= 0.3 is 0 Å². The largest absolute Gasteiger partial charge is 0.380 e. The van der Waals surface area contributed by atoms with Crippen LogP contribution < -0.4 is 0 Å². The van der Waals surface area contributed by atoms with Gasteiger partial charge in [0.25, 0.3) is 0 Å². The predicted molar refractivity (Wildman–Crippen MR) is 82.0 cm³/mol. The summed E-state index contributed by atoms with van der Waals surface area (Å²) in [6.07, 6.45) is 0. The van der Waals surface area contributed by atoms with Crippen LogP contribution in [0.2, 0.25) is 5.15 Å². The summed E-state index contributed by atoms with van der Waals surface area (Å²) in [6, 6.07) is 8.01. The van der Waals surface area contributed by atoms with E-state index in [-0.39, 0.29) is 0 Å². The molecule has 20 heavy (non-hydrogen) atoms. The van der Waals surface area contributed by atoms with Gasteiger partial charge in [-0.25, -0.2) is 9.97 Å². The lowest BCUT2D eigenvalue weighted by molar-refractivity contribution is 0.185. The van der Waals surface area contributed by atoms with Crippen LogP contribution in [-0.4, -0.2) is 17.1 Å². The van der Waals surface area contributed by atoms with Gasteiger partial charge in [0, 0.05) is 23.9 Å². The minimum atomic E-state index is 0.316. The van der Waals surface area contributed by atoms with Gasteiger partial charge in [-0.15, -0.1) is 0 Å². The van der Waals surface area contributed by atoms with Crippen molar-refractivity contribution >= 4 is 11.6 Å². The van der Waals surface area contributed by atoms with Gasteiger partial charge in [0.1, 0.15) is 5.15 Å². The van der Waals surface area contributed by atoms with Crippen molar-refractivity contribution < 1.29 is 4.74 Å². The number of hydrogen-bond acceptors (Lipinski definition) is 3. The fourth-order valence-electron chi connectivity index (χ4n) is 2.30. The lowest BCUT2D eigenvalue weighted by Gasteiger charge is -2.12. The third-order valence-corrected chi connectivity index (χ3v) is 3.45. The molecule has 0 saturated heterocycles. The van der Waals surface area contributed by atoms with Crippen LogP contribution in [0.3, 0.4) is 0 Å². The molecule has 0 bridgehead atoms. The highest BCUT2D eigenvalue weighted by atomic mass is 35.5. The van der Waals surface area contributed by atoms with Gasteiger partial charge in [0.15, 0.2) is 5.82 Å². The van der Waals surface area contributed by atoms with E-state index in [2.05, 4.69) is 23.8 Å². The van der Waals surface area contributed by atoms with E-state index >= 15 is 0 Å². The van der Waals surface area contributed by atoms with E-state index in [4.69, 9.17) is 16.3 Å². The number of hydrogen-bond donors (Lipinski definition) is 0. The van der Waals surface area contributed by atoms with Crippen molar-refractivity contribution in [3.63, 3.8) is 0 Å². The van der Waals surface area contributed by atoms with Gasteiger partial charge in [-0.2, -0.15) is 0 Å². The monoisotopic (exact) mass is 290 g/mol. The standard InChI is InChI=1S/C16H19ClN2O/c1-10(2)14-11(3)18-16(19-15(14)17)13-7-5-6-12(8-13)9-20-4/h5-8,10H,9H2,1-4H3. The van der Waals surface area contributed by atoms with Crippen LogP contribution in [-0.2, 0) is 11.3 Å². The molecule has 106 valence electrons. The summed E-state index contributed by atoms with van der Waals surface area (Å²) in [6.45, 7) is 6.74. The van der Waals surface area contributed by atoms with Gasteiger partial charge in [-0.05, 0) is 24.5 Å². The van der Waals surface area contributed by atoms with Crippen molar-refractivity contribution in [1.29, 1.82) is 0 Å². The molecule has 1 aromatic carbocycles. The molecule has 3 nitrogen and oxygen atoms in total. The number of aromatic nitrogens is 2. The van der Waals surface area contributed by atoms with Crippen LogP contribution in [0.15, 0.2) is 24.3 Å². The Labute approximate surface area is 125 Å². The lowest BCUT2D eigenvalue weighted by atomic mass is 10.0. The average Bonchev–Trinajstić information content (AvgIpc) is 2.38. The zero-order chi connectivity index (χ0) is 14.7. The van der Waals surface area contributed by atoms with Crippen molar-refractivity contribution in [2.24, 2.45) is 0 Å². The zero-order valence-corrected chi connectivity index (χ0v) is 13.0. The van der Waals surface area contributed by atoms with Gasteiger partial charge in [-0.3, -0.25) is 0 Å². The van der Waals surface area contributed by atoms with Crippen LogP contribution in [0.25, 0.3) is 11.4 Å².